The Kier molecular flexibility index (Phi) is 7.17. The van der Waals surface area contributed by atoms with E-state index >= 15 is 4.39 Å². The molecule has 0 saturated carbocycles. The summed E-state index contributed by atoms with van der Waals surface area (Å²) in [7, 11) is 1.89. The fourth-order valence-corrected chi connectivity index (χ4v) is 4.55. The van der Waals surface area contributed by atoms with E-state index in [0.29, 0.717) is 38.6 Å². The van der Waals surface area contributed by atoms with Gasteiger partial charge in [-0.05, 0) is 60.3 Å². The van der Waals surface area contributed by atoms with Crippen LogP contribution < -0.4 is 4.74 Å². The third kappa shape index (κ3) is 5.64. The largest absolute Gasteiger partial charge is 0.493 e. The van der Waals surface area contributed by atoms with Crippen LogP contribution in [0.1, 0.15) is 37.0 Å². The summed E-state index contributed by atoms with van der Waals surface area (Å²) in [5.41, 5.74) is 2.60. The second-order valence-corrected chi connectivity index (χ2v) is 9.66. The van der Waals surface area contributed by atoms with Crippen molar-refractivity contribution in [3.63, 3.8) is 0 Å². The van der Waals surface area contributed by atoms with Gasteiger partial charge in [-0.1, -0.05) is 32.0 Å². The number of alkyl halides is 1. The van der Waals surface area contributed by atoms with Crippen molar-refractivity contribution < 1.29 is 18.3 Å². The number of likely N-dealkylation sites (tertiary alicyclic amines) is 1. The van der Waals surface area contributed by atoms with Gasteiger partial charge < -0.3 is 19.4 Å². The zero-order valence-electron chi connectivity index (χ0n) is 19.6. The summed E-state index contributed by atoms with van der Waals surface area (Å²) in [5.74, 6) is 0.893. The molecular weight excluding hydrogens is 424 g/mol. The molecular formula is C26H33F2N3O2. The summed E-state index contributed by atoms with van der Waals surface area (Å²) >= 11 is 0. The van der Waals surface area contributed by atoms with E-state index in [1.165, 1.54) is 12.1 Å². The van der Waals surface area contributed by atoms with Crippen molar-refractivity contribution in [1.82, 2.24) is 14.7 Å². The van der Waals surface area contributed by atoms with Gasteiger partial charge in [-0.15, -0.1) is 0 Å². The highest BCUT2D eigenvalue weighted by Gasteiger charge is 2.38. The highest BCUT2D eigenvalue weighted by atomic mass is 19.1. The van der Waals surface area contributed by atoms with Crippen LogP contribution in [-0.4, -0.2) is 59.7 Å². The first-order chi connectivity index (χ1) is 15.8. The van der Waals surface area contributed by atoms with Gasteiger partial charge in [0.15, 0.2) is 0 Å². The van der Waals surface area contributed by atoms with E-state index in [2.05, 4.69) is 13.8 Å². The molecule has 0 unspecified atom stereocenters. The summed E-state index contributed by atoms with van der Waals surface area (Å²) in [4.78, 5) is 18.9. The molecule has 2 amide bonds. The first-order valence-corrected chi connectivity index (χ1v) is 11.7. The minimum absolute atomic E-state index is 0.205. The van der Waals surface area contributed by atoms with Gasteiger partial charge in [-0.3, -0.25) is 0 Å². The van der Waals surface area contributed by atoms with E-state index in [4.69, 9.17) is 4.74 Å². The summed E-state index contributed by atoms with van der Waals surface area (Å²) in [5, 5.41) is 0. The molecule has 33 heavy (non-hydrogen) atoms. The zero-order chi connectivity index (χ0) is 23.5. The van der Waals surface area contributed by atoms with Crippen molar-refractivity contribution in [2.75, 3.05) is 26.7 Å². The van der Waals surface area contributed by atoms with Gasteiger partial charge in [0, 0.05) is 32.7 Å². The van der Waals surface area contributed by atoms with E-state index in [9.17, 15) is 9.18 Å². The molecule has 2 heterocycles. The minimum atomic E-state index is -1.14. The highest BCUT2D eigenvalue weighted by Crippen LogP contribution is 2.29. The van der Waals surface area contributed by atoms with Crippen molar-refractivity contribution in [3.8, 4) is 5.75 Å². The number of carbonyl (C=O) groups excluding carboxylic acids is 1. The van der Waals surface area contributed by atoms with Gasteiger partial charge in [-0.2, -0.15) is 0 Å². The number of fused-ring (bicyclic) bond motifs is 1. The molecule has 2 aliphatic heterocycles. The molecule has 0 radical (unpaired) electrons. The van der Waals surface area contributed by atoms with Gasteiger partial charge in [0.05, 0.1) is 12.6 Å². The number of amides is 2. The van der Waals surface area contributed by atoms with Crippen molar-refractivity contribution in [1.29, 1.82) is 0 Å². The summed E-state index contributed by atoms with van der Waals surface area (Å²) < 4.78 is 34.8. The van der Waals surface area contributed by atoms with E-state index in [1.807, 2.05) is 36.2 Å². The average Bonchev–Trinajstić information content (AvgIpc) is 2.90. The number of piperidine rings is 1. The molecule has 2 atom stereocenters. The summed E-state index contributed by atoms with van der Waals surface area (Å²) in [6.07, 6.45) is -0.578. The van der Waals surface area contributed by atoms with Crippen molar-refractivity contribution in [2.24, 2.45) is 5.92 Å². The Morgan fingerprint density at radius 2 is 1.85 bits per heavy atom. The van der Waals surface area contributed by atoms with Gasteiger partial charge in [-0.25, -0.2) is 13.6 Å². The number of benzene rings is 2. The molecule has 2 aromatic rings. The second-order valence-electron chi connectivity index (χ2n) is 9.66. The second kappa shape index (κ2) is 10.1. The Labute approximate surface area is 194 Å². The molecule has 1 fully saturated rings. The maximum atomic E-state index is 15.0. The highest BCUT2D eigenvalue weighted by molar-refractivity contribution is 5.76. The Morgan fingerprint density at radius 3 is 2.55 bits per heavy atom. The van der Waals surface area contributed by atoms with Crippen LogP contribution in [0.15, 0.2) is 42.5 Å². The third-order valence-electron chi connectivity index (χ3n) is 6.38. The maximum Gasteiger partial charge on any atom is 0.321 e. The molecule has 2 aliphatic rings. The molecule has 7 heteroatoms. The van der Waals surface area contributed by atoms with Crippen molar-refractivity contribution >= 4 is 6.03 Å². The standard InChI is InChI=1S/C26H33F2N3O2/c1-18(2)17-33-23-8-4-19(5-9-23)13-30-14-20-6-7-22(27)12-21(20)15-31(26(30)32)25-10-11-29(3)16-24(25)28/h4-9,12,18,24-25H,10-11,13-17H2,1-3H3/t24-,25-/m1/s1. The van der Waals surface area contributed by atoms with Crippen LogP contribution in [0.25, 0.3) is 0 Å². The van der Waals surface area contributed by atoms with Crippen LogP contribution >= 0.6 is 0 Å². The van der Waals surface area contributed by atoms with E-state index in [0.717, 1.165) is 29.0 Å². The van der Waals surface area contributed by atoms with Gasteiger partial charge in [0.2, 0.25) is 0 Å². The predicted octanol–water partition coefficient (Wildman–Crippen LogP) is 4.84. The number of rotatable bonds is 6. The number of urea groups is 1. The fraction of sp³-hybridized carbons (Fsp3) is 0.500. The average molecular weight is 458 g/mol. The predicted molar refractivity (Wildman–Crippen MR) is 124 cm³/mol. The minimum Gasteiger partial charge on any atom is -0.493 e. The third-order valence-corrected chi connectivity index (χ3v) is 6.38. The number of nitrogens with zero attached hydrogens (tertiary/aromatic N) is 3. The Hall–Kier alpha value is -2.67. The van der Waals surface area contributed by atoms with Crippen LogP contribution in [0.5, 0.6) is 5.75 Å². The molecule has 0 aliphatic carbocycles. The first-order valence-electron chi connectivity index (χ1n) is 11.7. The Morgan fingerprint density at radius 1 is 1.09 bits per heavy atom. The lowest BCUT2D eigenvalue weighted by atomic mass is 10.0. The molecule has 4 rings (SSSR count). The monoisotopic (exact) mass is 457 g/mol. The van der Waals surface area contributed by atoms with Gasteiger partial charge in [0.25, 0.3) is 0 Å². The lowest BCUT2D eigenvalue weighted by Crippen LogP contribution is -2.55. The number of ether oxygens (including phenoxy) is 1. The zero-order valence-corrected chi connectivity index (χ0v) is 19.6. The van der Waals surface area contributed by atoms with Crippen LogP contribution in [0.2, 0.25) is 0 Å². The molecule has 1 saturated heterocycles. The number of hydrogen-bond donors (Lipinski definition) is 0. The molecule has 0 aromatic heterocycles. The lowest BCUT2D eigenvalue weighted by molar-refractivity contribution is 0.0461. The van der Waals surface area contributed by atoms with Crippen LogP contribution in [0.3, 0.4) is 0 Å². The number of carbonyl (C=O) groups is 1. The lowest BCUT2D eigenvalue weighted by Gasteiger charge is -2.40. The SMILES string of the molecule is CC(C)COc1ccc(CN2Cc3ccc(F)cc3CN([C@@H]3CCN(C)C[C@H]3F)C2=O)cc1. The van der Waals surface area contributed by atoms with Crippen LogP contribution in [0.4, 0.5) is 13.6 Å². The Balaban J connectivity index is 1.57. The van der Waals surface area contributed by atoms with E-state index in [-0.39, 0.29) is 18.4 Å². The van der Waals surface area contributed by atoms with E-state index < -0.39 is 12.2 Å². The summed E-state index contributed by atoms with van der Waals surface area (Å²) in [6.45, 7) is 6.83. The molecule has 5 nitrogen and oxygen atoms in total. The van der Waals surface area contributed by atoms with Crippen molar-refractivity contribution in [3.05, 3.63) is 65.0 Å². The molecule has 2 aromatic carbocycles. The Bertz CT molecular complexity index is 967. The van der Waals surface area contributed by atoms with Crippen molar-refractivity contribution in [2.45, 2.75) is 52.1 Å². The van der Waals surface area contributed by atoms with E-state index in [1.54, 1.807) is 15.9 Å². The maximum absolute atomic E-state index is 15.0. The normalized spacial score (nSPS) is 21.8. The smallest absolute Gasteiger partial charge is 0.321 e. The quantitative estimate of drug-likeness (QED) is 0.623. The number of hydrogen-bond acceptors (Lipinski definition) is 3. The fourth-order valence-electron chi connectivity index (χ4n) is 4.55. The first kappa shape index (κ1) is 23.5. The van der Waals surface area contributed by atoms with Crippen LogP contribution in [0, 0.1) is 11.7 Å². The van der Waals surface area contributed by atoms with Gasteiger partial charge >= 0.3 is 6.03 Å². The molecule has 0 bridgehead atoms. The topological polar surface area (TPSA) is 36.0 Å². The summed E-state index contributed by atoms with van der Waals surface area (Å²) in [6, 6.07) is 11.6. The number of halogens is 2. The van der Waals surface area contributed by atoms with Crippen LogP contribution in [-0.2, 0) is 19.6 Å². The molecule has 0 spiro atoms. The molecule has 0 N–H and O–H groups in total. The van der Waals surface area contributed by atoms with Gasteiger partial charge in [0.1, 0.15) is 17.7 Å². The molecule has 178 valence electrons.